The second-order valence-electron chi connectivity index (χ2n) is 11.8. The number of fused-ring (bicyclic) bond motifs is 6. The Balaban J connectivity index is 1.24. The molecule has 0 aliphatic heterocycles. The molecule has 0 amide bonds. The summed E-state index contributed by atoms with van der Waals surface area (Å²) in [5.41, 5.74) is -1.30. The van der Waals surface area contributed by atoms with Gasteiger partial charge in [0.15, 0.2) is 11.6 Å². The zero-order valence-corrected chi connectivity index (χ0v) is 21.8. The number of benzene rings is 2. The maximum Gasteiger partial charge on any atom is 0.178 e. The molecule has 7 atom stereocenters. The third-order valence-electron chi connectivity index (χ3n) is 10.2. The van der Waals surface area contributed by atoms with E-state index < -0.39 is 17.1 Å². The van der Waals surface area contributed by atoms with Crippen LogP contribution in [0.4, 0.5) is 0 Å². The molecule has 6 rings (SSSR count). The van der Waals surface area contributed by atoms with Gasteiger partial charge in [0.2, 0.25) is 0 Å². The van der Waals surface area contributed by atoms with Crippen LogP contribution in [0.2, 0.25) is 0 Å². The highest BCUT2D eigenvalue weighted by Crippen LogP contribution is 2.67. The lowest BCUT2D eigenvalue weighted by Gasteiger charge is -2.59. The first kappa shape index (κ1) is 24.1. The molecule has 4 nitrogen and oxygen atoms in total. The average molecular weight is 503 g/mol. The maximum atomic E-state index is 13.6. The van der Waals surface area contributed by atoms with Gasteiger partial charge in [-0.1, -0.05) is 55.8 Å². The third kappa shape index (κ3) is 3.43. The van der Waals surface area contributed by atoms with Crippen molar-refractivity contribution in [1.82, 2.24) is 0 Å². The molecule has 2 N–H and O–H groups in total. The Labute approximate surface area is 216 Å². The van der Waals surface area contributed by atoms with Gasteiger partial charge in [-0.25, -0.2) is 0 Å². The SMILES string of the molecule is CC12C=CC(=O)C=C1CCC1C2[C@@H](O)CC2(C)C1CC[C@]2(O)C(=O)CSc1ccc2ccccc2c1. The molecule has 4 aliphatic rings. The summed E-state index contributed by atoms with van der Waals surface area (Å²) >= 11 is 1.48. The first-order chi connectivity index (χ1) is 17.2. The van der Waals surface area contributed by atoms with E-state index in [0.717, 1.165) is 35.1 Å². The zero-order chi connectivity index (χ0) is 25.3. The van der Waals surface area contributed by atoms with Gasteiger partial charge in [0, 0.05) is 21.6 Å². The Morgan fingerprint density at radius 1 is 1.11 bits per heavy atom. The second kappa shape index (κ2) is 8.41. The lowest BCUT2D eigenvalue weighted by molar-refractivity contribution is -0.174. The van der Waals surface area contributed by atoms with Gasteiger partial charge in [-0.05, 0) is 79.0 Å². The summed E-state index contributed by atoms with van der Waals surface area (Å²) in [5.74, 6) is 0.521. The van der Waals surface area contributed by atoms with E-state index in [1.807, 2.05) is 31.2 Å². The number of hydrogen-bond acceptors (Lipinski definition) is 5. The van der Waals surface area contributed by atoms with Crippen LogP contribution in [-0.4, -0.2) is 39.2 Å². The lowest BCUT2D eigenvalue weighted by atomic mass is 9.46. The second-order valence-corrected chi connectivity index (χ2v) is 12.9. The Bertz CT molecular complexity index is 1310. The molecule has 4 aliphatic carbocycles. The number of allylic oxidation sites excluding steroid dienone is 4. The number of Topliss-reactive ketones (excluding diaryl/α,β-unsaturated/α-hetero) is 1. The first-order valence-corrected chi connectivity index (χ1v) is 14.1. The smallest absolute Gasteiger partial charge is 0.178 e. The maximum absolute atomic E-state index is 13.6. The third-order valence-corrected chi connectivity index (χ3v) is 11.2. The van der Waals surface area contributed by atoms with E-state index in [2.05, 4.69) is 31.2 Å². The minimum atomic E-state index is -1.43. The number of aliphatic hydroxyl groups is 2. The van der Waals surface area contributed by atoms with Gasteiger partial charge in [-0.2, -0.15) is 0 Å². The van der Waals surface area contributed by atoms with Gasteiger partial charge in [-0.15, -0.1) is 11.8 Å². The quantitative estimate of drug-likeness (QED) is 0.539. The molecule has 0 spiro atoms. The number of ketones is 2. The van der Waals surface area contributed by atoms with E-state index in [4.69, 9.17) is 0 Å². The molecule has 0 saturated heterocycles. The Hall–Kier alpha value is -2.21. The highest BCUT2D eigenvalue weighted by atomic mass is 32.2. The largest absolute Gasteiger partial charge is 0.393 e. The minimum Gasteiger partial charge on any atom is -0.393 e. The van der Waals surface area contributed by atoms with Crippen LogP contribution in [0, 0.1) is 28.6 Å². The predicted octanol–water partition coefficient (Wildman–Crippen LogP) is 5.51. The molecule has 2 aromatic carbocycles. The number of carbonyl (C=O) groups is 2. The van der Waals surface area contributed by atoms with E-state index in [1.54, 1.807) is 12.2 Å². The van der Waals surface area contributed by atoms with E-state index in [9.17, 15) is 19.8 Å². The fraction of sp³-hybridized carbons (Fsp3) is 0.484. The highest BCUT2D eigenvalue weighted by Gasteiger charge is 2.67. The lowest BCUT2D eigenvalue weighted by Crippen LogP contribution is -2.61. The van der Waals surface area contributed by atoms with Gasteiger partial charge in [0.1, 0.15) is 5.60 Å². The van der Waals surface area contributed by atoms with Crippen LogP contribution >= 0.6 is 11.8 Å². The predicted molar refractivity (Wildman–Crippen MR) is 143 cm³/mol. The van der Waals surface area contributed by atoms with Crippen LogP contribution in [-0.2, 0) is 9.59 Å². The molecule has 5 heteroatoms. The van der Waals surface area contributed by atoms with Gasteiger partial charge in [-0.3, -0.25) is 9.59 Å². The summed E-state index contributed by atoms with van der Waals surface area (Å²) < 4.78 is 0. The van der Waals surface area contributed by atoms with Gasteiger partial charge in [0.25, 0.3) is 0 Å². The van der Waals surface area contributed by atoms with Crippen molar-refractivity contribution in [2.45, 2.75) is 62.6 Å². The summed E-state index contributed by atoms with van der Waals surface area (Å²) in [5, 5.41) is 25.8. The van der Waals surface area contributed by atoms with Crippen LogP contribution in [0.3, 0.4) is 0 Å². The first-order valence-electron chi connectivity index (χ1n) is 13.2. The van der Waals surface area contributed by atoms with Crippen LogP contribution in [0.5, 0.6) is 0 Å². The van der Waals surface area contributed by atoms with E-state index >= 15 is 0 Å². The standard InChI is InChI=1S/C31H34O4S/c1-29-13-11-22(32)16-21(29)8-10-24-25-12-14-31(35,30(25,2)17-26(33)28(24)29)27(34)18-36-23-9-7-19-5-3-4-6-20(19)15-23/h3-7,9,11,13,15-16,24-26,28,33,35H,8,10,12,14,17-18H2,1-2H3/t24?,25?,26-,28?,29?,30?,31-/m0/s1. The molecule has 0 heterocycles. The molecule has 0 bridgehead atoms. The van der Waals surface area contributed by atoms with E-state index in [1.165, 1.54) is 17.1 Å². The number of hydrogen-bond donors (Lipinski definition) is 2. The van der Waals surface area contributed by atoms with Crippen molar-refractivity contribution in [3.8, 4) is 0 Å². The van der Waals surface area contributed by atoms with Crippen molar-refractivity contribution in [3.63, 3.8) is 0 Å². The minimum absolute atomic E-state index is 0.00403. The van der Waals surface area contributed by atoms with Crippen LogP contribution in [0.25, 0.3) is 10.8 Å². The average Bonchev–Trinajstić information content (AvgIpc) is 3.13. The van der Waals surface area contributed by atoms with Crippen molar-refractivity contribution < 1.29 is 19.8 Å². The molecule has 188 valence electrons. The molecule has 36 heavy (non-hydrogen) atoms. The Morgan fingerprint density at radius 2 is 1.89 bits per heavy atom. The molecular weight excluding hydrogens is 468 g/mol. The highest BCUT2D eigenvalue weighted by molar-refractivity contribution is 8.00. The van der Waals surface area contributed by atoms with Gasteiger partial charge in [0.05, 0.1) is 11.9 Å². The summed E-state index contributed by atoms with van der Waals surface area (Å²) in [6, 6.07) is 14.4. The molecule has 2 aromatic rings. The van der Waals surface area contributed by atoms with Crippen LogP contribution in [0.15, 0.2) is 71.2 Å². The summed E-state index contributed by atoms with van der Waals surface area (Å²) in [6.45, 7) is 4.19. The van der Waals surface area contributed by atoms with Crippen LogP contribution < -0.4 is 0 Å². The summed E-state index contributed by atoms with van der Waals surface area (Å²) in [7, 11) is 0. The van der Waals surface area contributed by atoms with E-state index in [-0.39, 0.29) is 40.5 Å². The Kier molecular flexibility index (Phi) is 5.64. The number of thioether (sulfide) groups is 1. The molecule has 3 fully saturated rings. The Morgan fingerprint density at radius 3 is 2.69 bits per heavy atom. The van der Waals surface area contributed by atoms with Crippen molar-refractivity contribution in [1.29, 1.82) is 0 Å². The number of rotatable bonds is 4. The van der Waals surface area contributed by atoms with Crippen LogP contribution in [0.1, 0.15) is 46.0 Å². The monoisotopic (exact) mass is 502 g/mol. The fourth-order valence-corrected chi connectivity index (χ4v) is 9.23. The molecule has 0 radical (unpaired) electrons. The van der Waals surface area contributed by atoms with E-state index in [0.29, 0.717) is 12.8 Å². The zero-order valence-electron chi connectivity index (χ0n) is 20.9. The number of aliphatic hydroxyl groups excluding tert-OH is 1. The normalized spacial score (nSPS) is 39.3. The fourth-order valence-electron chi connectivity index (χ4n) is 8.31. The summed E-state index contributed by atoms with van der Waals surface area (Å²) in [4.78, 5) is 26.7. The van der Waals surface area contributed by atoms with Gasteiger partial charge >= 0.3 is 0 Å². The van der Waals surface area contributed by atoms with Crippen molar-refractivity contribution in [2.24, 2.45) is 28.6 Å². The summed E-state index contributed by atoms with van der Waals surface area (Å²) in [6.07, 6.45) is 8.15. The van der Waals surface area contributed by atoms with Gasteiger partial charge < -0.3 is 10.2 Å². The molecule has 3 saturated carbocycles. The molecular formula is C31H34O4S. The van der Waals surface area contributed by atoms with Crippen molar-refractivity contribution in [3.05, 3.63) is 66.3 Å². The molecule has 5 unspecified atom stereocenters. The topological polar surface area (TPSA) is 74.6 Å². The van der Waals surface area contributed by atoms with Crippen molar-refractivity contribution >= 4 is 34.1 Å². The van der Waals surface area contributed by atoms with Crippen molar-refractivity contribution in [2.75, 3.05) is 5.75 Å². The molecule has 0 aromatic heterocycles. The number of carbonyl (C=O) groups excluding carboxylic acids is 2.